The third kappa shape index (κ3) is 3.31. The van der Waals surface area contributed by atoms with Crippen LogP contribution in [-0.2, 0) is 13.5 Å². The normalized spacial score (nSPS) is 14.5. The molecule has 2 heterocycles. The van der Waals surface area contributed by atoms with Crippen LogP contribution in [0.2, 0.25) is 0 Å². The Hall–Kier alpha value is -2.50. The second-order valence-electron chi connectivity index (χ2n) is 6.05. The van der Waals surface area contributed by atoms with E-state index in [2.05, 4.69) is 51.8 Å². The Kier molecular flexibility index (Phi) is 4.23. The van der Waals surface area contributed by atoms with Crippen LogP contribution in [0.3, 0.4) is 0 Å². The number of nitrogens with one attached hydrogen (secondary N) is 2. The molecule has 0 saturated heterocycles. The van der Waals surface area contributed by atoms with Gasteiger partial charge in [-0.15, -0.1) is 0 Å². The molecule has 2 amide bonds. The highest BCUT2D eigenvalue weighted by Gasteiger charge is 2.23. The van der Waals surface area contributed by atoms with Crippen LogP contribution in [0.5, 0.6) is 0 Å². The van der Waals surface area contributed by atoms with Crippen LogP contribution < -0.4 is 15.5 Å². The molecule has 3 rings (SSSR count). The number of hydrogen-bond acceptors (Lipinski definition) is 3. The van der Waals surface area contributed by atoms with Crippen LogP contribution in [-0.4, -0.2) is 34.9 Å². The number of fused-ring (bicyclic) bond motifs is 1. The maximum Gasteiger partial charge on any atom is 0.320 e. The summed E-state index contributed by atoms with van der Waals surface area (Å²) in [5.74, 6) is 0.694. The lowest BCUT2D eigenvalue weighted by Crippen LogP contribution is -2.43. The highest BCUT2D eigenvalue weighted by Crippen LogP contribution is 2.28. The van der Waals surface area contributed by atoms with Crippen molar-refractivity contribution in [3.05, 3.63) is 41.6 Å². The Bertz CT molecular complexity index is 709. The molecule has 122 valence electrons. The lowest BCUT2D eigenvalue weighted by atomic mass is 10.2. The molecule has 1 aromatic heterocycles. The van der Waals surface area contributed by atoms with E-state index >= 15 is 0 Å². The summed E-state index contributed by atoms with van der Waals surface area (Å²) in [6.45, 7) is 5.63. The van der Waals surface area contributed by atoms with Crippen molar-refractivity contribution in [2.45, 2.75) is 26.3 Å². The zero-order valence-corrected chi connectivity index (χ0v) is 13.8. The third-order valence-electron chi connectivity index (χ3n) is 4.26. The van der Waals surface area contributed by atoms with Crippen LogP contribution in [0.25, 0.3) is 0 Å². The fourth-order valence-corrected chi connectivity index (χ4v) is 3.06. The number of aryl methyl sites for hydroxylation is 2. The SMILES string of the molecule is Cc1cc(NC(=O)NC[C@H](C)N2CCc3ccccc32)n(C)n1. The molecular weight excluding hydrogens is 290 g/mol. The minimum Gasteiger partial charge on any atom is -0.366 e. The van der Waals surface area contributed by atoms with Gasteiger partial charge in [-0.2, -0.15) is 5.10 Å². The van der Waals surface area contributed by atoms with Gasteiger partial charge in [0.05, 0.1) is 5.69 Å². The van der Waals surface area contributed by atoms with Gasteiger partial charge in [-0.05, 0) is 31.9 Å². The summed E-state index contributed by atoms with van der Waals surface area (Å²) in [7, 11) is 1.81. The van der Waals surface area contributed by atoms with Gasteiger partial charge in [0, 0.05) is 37.9 Å². The zero-order valence-electron chi connectivity index (χ0n) is 13.8. The van der Waals surface area contributed by atoms with Crippen LogP contribution in [0.15, 0.2) is 30.3 Å². The number of para-hydroxylation sites is 1. The average molecular weight is 313 g/mol. The van der Waals surface area contributed by atoms with Gasteiger partial charge in [0.25, 0.3) is 0 Å². The first-order chi connectivity index (χ1) is 11.0. The lowest BCUT2D eigenvalue weighted by molar-refractivity contribution is 0.251. The zero-order chi connectivity index (χ0) is 16.4. The molecule has 2 aromatic rings. The van der Waals surface area contributed by atoms with E-state index in [0.717, 1.165) is 18.7 Å². The molecule has 1 aromatic carbocycles. The Morgan fingerprint density at radius 3 is 2.91 bits per heavy atom. The van der Waals surface area contributed by atoms with E-state index in [4.69, 9.17) is 0 Å². The number of anilines is 2. The monoisotopic (exact) mass is 313 g/mol. The van der Waals surface area contributed by atoms with Gasteiger partial charge in [-0.25, -0.2) is 4.79 Å². The van der Waals surface area contributed by atoms with Crippen molar-refractivity contribution in [2.75, 3.05) is 23.3 Å². The van der Waals surface area contributed by atoms with E-state index in [9.17, 15) is 4.79 Å². The standard InChI is InChI=1S/C17H23N5O/c1-12-10-16(21(3)20-12)19-17(23)18-11-13(2)22-9-8-14-6-4-5-7-15(14)22/h4-7,10,13H,8-9,11H2,1-3H3,(H2,18,19,23)/t13-/m0/s1. The summed E-state index contributed by atoms with van der Waals surface area (Å²) in [6, 6.07) is 10.4. The number of urea groups is 1. The molecule has 0 saturated carbocycles. The molecule has 23 heavy (non-hydrogen) atoms. The first kappa shape index (κ1) is 15.4. The Morgan fingerprint density at radius 2 is 2.17 bits per heavy atom. The molecule has 0 bridgehead atoms. The maximum absolute atomic E-state index is 12.1. The first-order valence-electron chi connectivity index (χ1n) is 7.94. The van der Waals surface area contributed by atoms with Crippen molar-refractivity contribution in [1.82, 2.24) is 15.1 Å². The minimum absolute atomic E-state index is 0.202. The molecule has 6 nitrogen and oxygen atoms in total. The molecular formula is C17H23N5O. The van der Waals surface area contributed by atoms with Crippen molar-refractivity contribution in [3.63, 3.8) is 0 Å². The highest BCUT2D eigenvalue weighted by molar-refractivity contribution is 5.88. The molecule has 0 unspecified atom stereocenters. The second kappa shape index (κ2) is 6.32. The van der Waals surface area contributed by atoms with E-state index in [1.165, 1.54) is 11.3 Å². The second-order valence-corrected chi connectivity index (χ2v) is 6.05. The summed E-state index contributed by atoms with van der Waals surface area (Å²) < 4.78 is 1.66. The predicted molar refractivity (Wildman–Crippen MR) is 91.9 cm³/mol. The summed E-state index contributed by atoms with van der Waals surface area (Å²) in [6.07, 6.45) is 1.07. The Balaban J connectivity index is 1.54. The summed E-state index contributed by atoms with van der Waals surface area (Å²) in [5, 5.41) is 9.98. The smallest absolute Gasteiger partial charge is 0.320 e. The number of carbonyl (C=O) groups is 1. The molecule has 1 atom stereocenters. The molecule has 0 aliphatic carbocycles. The Labute approximate surface area is 136 Å². The fourth-order valence-electron chi connectivity index (χ4n) is 3.06. The van der Waals surface area contributed by atoms with Gasteiger partial charge in [-0.1, -0.05) is 18.2 Å². The average Bonchev–Trinajstić information content (AvgIpc) is 3.08. The van der Waals surface area contributed by atoms with Crippen LogP contribution in [0.4, 0.5) is 16.3 Å². The molecule has 0 radical (unpaired) electrons. The largest absolute Gasteiger partial charge is 0.366 e. The fraction of sp³-hybridized carbons (Fsp3) is 0.412. The number of aromatic nitrogens is 2. The number of amides is 2. The molecule has 1 aliphatic rings. The topological polar surface area (TPSA) is 62.2 Å². The van der Waals surface area contributed by atoms with Gasteiger partial charge in [0.15, 0.2) is 0 Å². The Morgan fingerprint density at radius 1 is 1.39 bits per heavy atom. The third-order valence-corrected chi connectivity index (χ3v) is 4.26. The van der Waals surface area contributed by atoms with Crippen molar-refractivity contribution in [1.29, 1.82) is 0 Å². The summed E-state index contributed by atoms with van der Waals surface area (Å²) >= 11 is 0. The van der Waals surface area contributed by atoms with E-state index in [0.29, 0.717) is 12.4 Å². The van der Waals surface area contributed by atoms with Crippen LogP contribution in [0.1, 0.15) is 18.2 Å². The molecule has 0 fully saturated rings. The van der Waals surface area contributed by atoms with E-state index in [1.807, 2.05) is 20.0 Å². The molecule has 0 spiro atoms. The molecule has 6 heteroatoms. The van der Waals surface area contributed by atoms with Crippen molar-refractivity contribution in [2.24, 2.45) is 7.05 Å². The van der Waals surface area contributed by atoms with Crippen LogP contribution >= 0.6 is 0 Å². The van der Waals surface area contributed by atoms with Crippen LogP contribution in [0, 0.1) is 6.92 Å². The number of hydrogen-bond donors (Lipinski definition) is 2. The van der Waals surface area contributed by atoms with Gasteiger partial charge in [-0.3, -0.25) is 10.00 Å². The van der Waals surface area contributed by atoms with Crippen molar-refractivity contribution in [3.8, 4) is 0 Å². The van der Waals surface area contributed by atoms with Gasteiger partial charge in [0.1, 0.15) is 5.82 Å². The number of nitrogens with zero attached hydrogens (tertiary/aromatic N) is 3. The summed E-state index contributed by atoms with van der Waals surface area (Å²) in [5.41, 5.74) is 3.54. The number of carbonyl (C=O) groups excluding carboxylic acids is 1. The lowest BCUT2D eigenvalue weighted by Gasteiger charge is -2.27. The van der Waals surface area contributed by atoms with Crippen molar-refractivity contribution >= 4 is 17.5 Å². The summed E-state index contributed by atoms with van der Waals surface area (Å²) in [4.78, 5) is 14.4. The molecule has 2 N–H and O–H groups in total. The first-order valence-corrected chi connectivity index (χ1v) is 7.94. The van der Waals surface area contributed by atoms with Gasteiger partial charge < -0.3 is 10.2 Å². The van der Waals surface area contributed by atoms with Crippen molar-refractivity contribution < 1.29 is 4.79 Å². The van der Waals surface area contributed by atoms with E-state index in [-0.39, 0.29) is 12.1 Å². The van der Waals surface area contributed by atoms with Gasteiger partial charge >= 0.3 is 6.03 Å². The minimum atomic E-state index is -0.202. The quantitative estimate of drug-likeness (QED) is 0.910. The maximum atomic E-state index is 12.1. The highest BCUT2D eigenvalue weighted by atomic mass is 16.2. The van der Waals surface area contributed by atoms with E-state index < -0.39 is 0 Å². The predicted octanol–water partition coefficient (Wildman–Crippen LogP) is 2.30. The number of benzene rings is 1. The number of rotatable bonds is 4. The van der Waals surface area contributed by atoms with Gasteiger partial charge in [0.2, 0.25) is 0 Å². The molecule has 1 aliphatic heterocycles. The van der Waals surface area contributed by atoms with E-state index in [1.54, 1.807) is 4.68 Å².